The van der Waals surface area contributed by atoms with Crippen molar-refractivity contribution in [2.45, 2.75) is 32.0 Å². The van der Waals surface area contributed by atoms with Crippen molar-refractivity contribution in [1.82, 2.24) is 5.32 Å². The van der Waals surface area contributed by atoms with Crippen LogP contribution in [0, 0.1) is 17.0 Å². The third kappa shape index (κ3) is 4.29. The molecule has 1 N–H and O–H groups in total. The van der Waals surface area contributed by atoms with Gasteiger partial charge < -0.3 is 10.1 Å². The smallest absolute Gasteiger partial charge is 0.416 e. The van der Waals surface area contributed by atoms with Gasteiger partial charge in [0.15, 0.2) is 5.41 Å². The molecule has 2 aromatic carbocycles. The lowest BCUT2D eigenvalue weighted by Crippen LogP contribution is -2.39. The van der Waals surface area contributed by atoms with Gasteiger partial charge in [0.05, 0.1) is 12.2 Å². The molecule has 0 bridgehead atoms. The number of hydrogen-bond acceptors (Lipinski definition) is 3. The summed E-state index contributed by atoms with van der Waals surface area (Å²) >= 11 is 0. The van der Waals surface area contributed by atoms with Crippen LogP contribution in [0.15, 0.2) is 42.5 Å². The molecule has 1 saturated carbocycles. The standard InChI is InChI=1S/C21H18F5NO3/c1-2-30-19(29)20(18(28)27-11-12-7-15(22)9-16(23)8-12)10-17(20)13-3-5-14(6-4-13)21(24,25)26/h3-9,17H,2,10-11H2,1H3,(H,27,28). The van der Waals surface area contributed by atoms with Gasteiger partial charge in [0.2, 0.25) is 5.91 Å². The normalized spacial score (nSPS) is 20.5. The van der Waals surface area contributed by atoms with E-state index < -0.39 is 46.6 Å². The predicted octanol–water partition coefficient (Wildman–Crippen LogP) is 4.34. The lowest BCUT2D eigenvalue weighted by atomic mass is 9.97. The second-order valence-electron chi connectivity index (χ2n) is 7.03. The summed E-state index contributed by atoms with van der Waals surface area (Å²) in [6.45, 7) is 1.35. The summed E-state index contributed by atoms with van der Waals surface area (Å²) in [6, 6.07) is 7.00. The Hall–Kier alpha value is -2.97. The molecule has 2 unspecified atom stereocenters. The number of nitrogens with one attached hydrogen (secondary N) is 1. The molecule has 2 aromatic rings. The van der Waals surface area contributed by atoms with Crippen LogP contribution in [0.1, 0.15) is 36.0 Å². The minimum absolute atomic E-state index is 0.0166. The van der Waals surface area contributed by atoms with E-state index in [1.54, 1.807) is 6.92 Å². The summed E-state index contributed by atoms with van der Waals surface area (Å²) in [7, 11) is 0. The van der Waals surface area contributed by atoms with Gasteiger partial charge in [-0.15, -0.1) is 0 Å². The van der Waals surface area contributed by atoms with Gasteiger partial charge in [-0.3, -0.25) is 9.59 Å². The SMILES string of the molecule is CCOC(=O)C1(C(=O)NCc2cc(F)cc(F)c2)CC1c1ccc(C(F)(F)F)cc1. The largest absolute Gasteiger partial charge is 0.465 e. The van der Waals surface area contributed by atoms with E-state index in [0.717, 1.165) is 24.3 Å². The van der Waals surface area contributed by atoms with Crippen molar-refractivity contribution in [2.75, 3.05) is 6.61 Å². The molecule has 0 aromatic heterocycles. The quantitative estimate of drug-likeness (QED) is 0.424. The molecule has 1 amide bonds. The summed E-state index contributed by atoms with van der Waals surface area (Å²) in [6.07, 6.45) is -4.45. The minimum atomic E-state index is -4.50. The van der Waals surface area contributed by atoms with Gasteiger partial charge in [0.1, 0.15) is 11.6 Å². The number of ether oxygens (including phenoxy) is 1. The third-order valence-electron chi connectivity index (χ3n) is 5.02. The lowest BCUT2D eigenvalue weighted by molar-refractivity contribution is -0.154. The molecule has 0 saturated heterocycles. The van der Waals surface area contributed by atoms with E-state index in [-0.39, 0.29) is 25.1 Å². The minimum Gasteiger partial charge on any atom is -0.465 e. The second kappa shape index (κ2) is 8.04. The van der Waals surface area contributed by atoms with Crippen molar-refractivity contribution >= 4 is 11.9 Å². The van der Waals surface area contributed by atoms with Crippen LogP contribution in [0.4, 0.5) is 22.0 Å². The fourth-order valence-electron chi connectivity index (χ4n) is 3.45. The Balaban J connectivity index is 1.79. The fourth-order valence-corrected chi connectivity index (χ4v) is 3.45. The van der Waals surface area contributed by atoms with Crippen molar-refractivity contribution < 1.29 is 36.3 Å². The van der Waals surface area contributed by atoms with Gasteiger partial charge in [-0.25, -0.2) is 8.78 Å². The van der Waals surface area contributed by atoms with Crippen LogP contribution in [0.5, 0.6) is 0 Å². The highest BCUT2D eigenvalue weighted by Gasteiger charge is 2.67. The molecule has 0 radical (unpaired) electrons. The average molecular weight is 427 g/mol. The molecule has 0 aliphatic heterocycles. The summed E-state index contributed by atoms with van der Waals surface area (Å²) in [5.74, 6) is -3.79. The van der Waals surface area contributed by atoms with Crippen LogP contribution >= 0.6 is 0 Å². The van der Waals surface area contributed by atoms with E-state index in [0.29, 0.717) is 11.6 Å². The molecule has 1 fully saturated rings. The topological polar surface area (TPSA) is 55.4 Å². The third-order valence-corrected chi connectivity index (χ3v) is 5.02. The van der Waals surface area contributed by atoms with E-state index in [1.807, 2.05) is 0 Å². The molecule has 2 atom stereocenters. The zero-order chi connectivity index (χ0) is 22.1. The Labute approximate surface area is 169 Å². The Bertz CT molecular complexity index is 938. The zero-order valence-electron chi connectivity index (χ0n) is 15.9. The van der Waals surface area contributed by atoms with E-state index in [2.05, 4.69) is 5.32 Å². The summed E-state index contributed by atoms with van der Waals surface area (Å²) < 4.78 is 70.0. The number of hydrogen-bond donors (Lipinski definition) is 1. The highest BCUT2D eigenvalue weighted by molar-refractivity contribution is 6.07. The second-order valence-corrected chi connectivity index (χ2v) is 7.03. The number of esters is 1. The first kappa shape index (κ1) is 21.7. The van der Waals surface area contributed by atoms with E-state index in [1.165, 1.54) is 12.1 Å². The van der Waals surface area contributed by atoms with E-state index in [9.17, 15) is 31.5 Å². The maximum atomic E-state index is 13.3. The molecular weight excluding hydrogens is 409 g/mol. The molecule has 3 rings (SSSR count). The van der Waals surface area contributed by atoms with Crippen LogP contribution in [0.2, 0.25) is 0 Å². The maximum Gasteiger partial charge on any atom is 0.416 e. The number of rotatable bonds is 6. The monoisotopic (exact) mass is 427 g/mol. The van der Waals surface area contributed by atoms with Crippen molar-refractivity contribution in [1.29, 1.82) is 0 Å². The first-order valence-corrected chi connectivity index (χ1v) is 9.15. The molecular formula is C21H18F5NO3. The summed E-state index contributed by atoms with van der Waals surface area (Å²) in [5.41, 5.74) is -1.89. The molecule has 30 heavy (non-hydrogen) atoms. The van der Waals surface area contributed by atoms with Crippen molar-refractivity contribution in [2.24, 2.45) is 5.41 Å². The van der Waals surface area contributed by atoms with E-state index >= 15 is 0 Å². The number of alkyl halides is 3. The zero-order valence-corrected chi connectivity index (χ0v) is 15.9. The highest BCUT2D eigenvalue weighted by Crippen LogP contribution is 2.60. The van der Waals surface area contributed by atoms with Crippen LogP contribution in [-0.4, -0.2) is 18.5 Å². The number of amides is 1. The van der Waals surface area contributed by atoms with Gasteiger partial charge in [0.25, 0.3) is 0 Å². The Morgan fingerprint density at radius 1 is 1.10 bits per heavy atom. The Morgan fingerprint density at radius 3 is 2.23 bits per heavy atom. The van der Waals surface area contributed by atoms with Crippen molar-refractivity contribution in [3.63, 3.8) is 0 Å². The highest BCUT2D eigenvalue weighted by atomic mass is 19.4. The van der Waals surface area contributed by atoms with Gasteiger partial charge in [-0.05, 0) is 48.7 Å². The summed E-state index contributed by atoms with van der Waals surface area (Å²) in [5, 5.41) is 2.48. The summed E-state index contributed by atoms with van der Waals surface area (Å²) in [4.78, 5) is 25.3. The molecule has 160 valence electrons. The van der Waals surface area contributed by atoms with Gasteiger partial charge in [-0.2, -0.15) is 13.2 Å². The average Bonchev–Trinajstić information content (AvgIpc) is 3.42. The Morgan fingerprint density at radius 2 is 1.70 bits per heavy atom. The van der Waals surface area contributed by atoms with Crippen molar-refractivity contribution in [3.05, 3.63) is 70.8 Å². The van der Waals surface area contributed by atoms with Gasteiger partial charge in [0, 0.05) is 18.5 Å². The van der Waals surface area contributed by atoms with Crippen LogP contribution in [0.25, 0.3) is 0 Å². The number of benzene rings is 2. The van der Waals surface area contributed by atoms with Crippen molar-refractivity contribution in [3.8, 4) is 0 Å². The van der Waals surface area contributed by atoms with E-state index in [4.69, 9.17) is 4.74 Å². The number of carbonyl (C=O) groups excluding carboxylic acids is 2. The molecule has 1 aliphatic carbocycles. The van der Waals surface area contributed by atoms with Crippen LogP contribution in [-0.2, 0) is 27.0 Å². The first-order chi connectivity index (χ1) is 14.1. The molecule has 9 heteroatoms. The molecule has 0 heterocycles. The molecule has 4 nitrogen and oxygen atoms in total. The van der Waals surface area contributed by atoms with Crippen LogP contribution < -0.4 is 5.32 Å². The molecule has 0 spiro atoms. The first-order valence-electron chi connectivity index (χ1n) is 9.15. The fraction of sp³-hybridized carbons (Fsp3) is 0.333. The van der Waals surface area contributed by atoms with Gasteiger partial charge in [-0.1, -0.05) is 12.1 Å². The van der Waals surface area contributed by atoms with Crippen LogP contribution in [0.3, 0.4) is 0 Å². The predicted molar refractivity (Wildman–Crippen MR) is 96.1 cm³/mol. The van der Waals surface area contributed by atoms with Gasteiger partial charge >= 0.3 is 12.1 Å². The maximum absolute atomic E-state index is 13.3. The Kier molecular flexibility index (Phi) is 5.83. The lowest BCUT2D eigenvalue weighted by Gasteiger charge is -2.17. The number of halogens is 5. The molecule has 1 aliphatic rings. The number of carbonyl (C=O) groups is 2.